The Morgan fingerprint density at radius 1 is 1.11 bits per heavy atom. The maximum Gasteiger partial charge on any atom is 0.243 e. The van der Waals surface area contributed by atoms with Gasteiger partial charge in [0.1, 0.15) is 0 Å². The molecule has 144 valence electrons. The van der Waals surface area contributed by atoms with Gasteiger partial charge in [-0.25, -0.2) is 8.42 Å². The Morgan fingerprint density at radius 2 is 1.85 bits per heavy atom. The van der Waals surface area contributed by atoms with Crippen LogP contribution in [0.2, 0.25) is 0 Å². The highest BCUT2D eigenvalue weighted by Gasteiger charge is 2.26. The lowest BCUT2D eigenvalue weighted by atomic mass is 10.1. The largest absolute Gasteiger partial charge is 0.379 e. The van der Waals surface area contributed by atoms with E-state index in [1.807, 2.05) is 32.0 Å². The third-order valence-electron chi connectivity index (χ3n) is 4.59. The van der Waals surface area contributed by atoms with Crippen molar-refractivity contribution in [2.24, 2.45) is 0 Å². The molecule has 0 atom stereocenters. The summed E-state index contributed by atoms with van der Waals surface area (Å²) in [6.07, 6.45) is 0. The molecule has 0 aromatic heterocycles. The maximum absolute atomic E-state index is 12.8. The number of aryl methyl sites for hydroxylation is 2. The molecule has 1 N–H and O–H groups in total. The molecule has 0 spiro atoms. The van der Waals surface area contributed by atoms with Crippen molar-refractivity contribution in [2.75, 3.05) is 38.2 Å². The van der Waals surface area contributed by atoms with Gasteiger partial charge in [0, 0.05) is 24.3 Å². The minimum absolute atomic E-state index is 0.102. The number of rotatable bonds is 6. The fourth-order valence-electron chi connectivity index (χ4n) is 3.06. The van der Waals surface area contributed by atoms with Gasteiger partial charge < -0.3 is 10.1 Å². The van der Waals surface area contributed by atoms with Gasteiger partial charge in [-0.15, -0.1) is 0 Å². The quantitative estimate of drug-likeness (QED) is 0.770. The summed E-state index contributed by atoms with van der Waals surface area (Å²) in [5.74, 6) is -0.158. The van der Waals surface area contributed by atoms with Crippen molar-refractivity contribution in [3.05, 3.63) is 59.2 Å². The van der Waals surface area contributed by atoms with Gasteiger partial charge in [-0.05, 0) is 37.6 Å². The van der Waals surface area contributed by atoms with Crippen LogP contribution < -0.4 is 5.32 Å². The Morgan fingerprint density at radius 3 is 2.56 bits per heavy atom. The predicted molar refractivity (Wildman–Crippen MR) is 105 cm³/mol. The van der Waals surface area contributed by atoms with E-state index >= 15 is 0 Å². The highest BCUT2D eigenvalue weighted by atomic mass is 32.2. The van der Waals surface area contributed by atoms with E-state index in [1.165, 1.54) is 16.4 Å². The van der Waals surface area contributed by atoms with Gasteiger partial charge in [-0.2, -0.15) is 4.31 Å². The molecule has 1 aliphatic heterocycles. The highest BCUT2D eigenvalue weighted by Crippen LogP contribution is 2.19. The van der Waals surface area contributed by atoms with E-state index in [1.54, 1.807) is 12.1 Å². The number of nitrogens with zero attached hydrogens (tertiary/aromatic N) is 1. The minimum atomic E-state index is -3.62. The van der Waals surface area contributed by atoms with Gasteiger partial charge in [0.25, 0.3) is 0 Å². The van der Waals surface area contributed by atoms with E-state index in [9.17, 15) is 13.2 Å². The first-order valence-corrected chi connectivity index (χ1v) is 10.3. The number of ketones is 1. The van der Waals surface area contributed by atoms with Crippen LogP contribution in [-0.2, 0) is 14.8 Å². The molecule has 27 heavy (non-hydrogen) atoms. The number of anilines is 1. The molecule has 1 aliphatic rings. The van der Waals surface area contributed by atoms with Crippen molar-refractivity contribution >= 4 is 21.5 Å². The first kappa shape index (κ1) is 19.5. The van der Waals surface area contributed by atoms with Crippen molar-refractivity contribution in [3.8, 4) is 0 Å². The lowest BCUT2D eigenvalue weighted by Gasteiger charge is -2.26. The van der Waals surface area contributed by atoms with E-state index in [4.69, 9.17) is 4.74 Å². The van der Waals surface area contributed by atoms with Gasteiger partial charge in [-0.3, -0.25) is 4.79 Å². The highest BCUT2D eigenvalue weighted by molar-refractivity contribution is 7.89. The van der Waals surface area contributed by atoms with Crippen LogP contribution in [-0.4, -0.2) is 51.4 Å². The summed E-state index contributed by atoms with van der Waals surface area (Å²) >= 11 is 0. The number of morpholine rings is 1. The molecule has 0 radical (unpaired) electrons. The van der Waals surface area contributed by atoms with Crippen LogP contribution in [0.4, 0.5) is 5.69 Å². The lowest BCUT2D eigenvalue weighted by Crippen LogP contribution is -2.40. The number of sulfonamides is 1. The Hall–Kier alpha value is -2.22. The first-order chi connectivity index (χ1) is 12.9. The van der Waals surface area contributed by atoms with E-state index in [-0.39, 0.29) is 17.2 Å². The maximum atomic E-state index is 12.8. The Labute approximate surface area is 160 Å². The summed E-state index contributed by atoms with van der Waals surface area (Å²) in [7, 11) is -3.62. The molecule has 1 fully saturated rings. The van der Waals surface area contributed by atoms with E-state index in [2.05, 4.69) is 5.32 Å². The second-order valence-electron chi connectivity index (χ2n) is 6.64. The Balaban J connectivity index is 1.73. The van der Waals surface area contributed by atoms with Crippen LogP contribution in [0, 0.1) is 13.8 Å². The standard InChI is InChI=1S/C20H24N2O4S/c1-15-6-7-19(16(2)12-15)21-14-20(23)17-4-3-5-18(13-17)27(24,25)22-8-10-26-11-9-22/h3-7,12-13,21H,8-11,14H2,1-2H3. The van der Waals surface area contributed by atoms with Crippen LogP contribution in [0.5, 0.6) is 0 Å². The van der Waals surface area contributed by atoms with Crippen LogP contribution in [0.25, 0.3) is 0 Å². The normalized spacial score (nSPS) is 15.5. The number of hydrogen-bond acceptors (Lipinski definition) is 5. The number of ether oxygens (including phenoxy) is 1. The number of nitrogens with one attached hydrogen (secondary N) is 1. The molecule has 2 aromatic rings. The first-order valence-electron chi connectivity index (χ1n) is 8.90. The van der Waals surface area contributed by atoms with E-state index in [0.717, 1.165) is 16.8 Å². The smallest absolute Gasteiger partial charge is 0.243 e. The zero-order chi connectivity index (χ0) is 19.4. The summed E-state index contributed by atoms with van der Waals surface area (Å²) in [5.41, 5.74) is 3.49. The summed E-state index contributed by atoms with van der Waals surface area (Å²) in [4.78, 5) is 12.7. The molecule has 6 nitrogen and oxygen atoms in total. The molecule has 0 aliphatic carbocycles. The number of carbonyl (C=O) groups excluding carboxylic acids is 1. The molecule has 0 unspecified atom stereocenters. The fraction of sp³-hybridized carbons (Fsp3) is 0.350. The molecular weight excluding hydrogens is 364 g/mol. The summed E-state index contributed by atoms with van der Waals surface area (Å²) in [6.45, 7) is 5.53. The molecule has 7 heteroatoms. The van der Waals surface area contributed by atoms with Crippen LogP contribution in [0.3, 0.4) is 0 Å². The van der Waals surface area contributed by atoms with Crippen LogP contribution in [0.15, 0.2) is 47.4 Å². The predicted octanol–water partition coefficient (Wildman–Crippen LogP) is 2.62. The average Bonchev–Trinajstić information content (AvgIpc) is 2.68. The second kappa shape index (κ2) is 8.21. The number of benzene rings is 2. The van der Waals surface area contributed by atoms with Crippen LogP contribution in [0.1, 0.15) is 21.5 Å². The molecule has 3 rings (SSSR count). The zero-order valence-corrected chi connectivity index (χ0v) is 16.4. The van der Waals surface area contributed by atoms with Gasteiger partial charge in [0.05, 0.1) is 24.7 Å². The van der Waals surface area contributed by atoms with Gasteiger partial charge in [0.15, 0.2) is 5.78 Å². The monoisotopic (exact) mass is 388 g/mol. The average molecular weight is 388 g/mol. The minimum Gasteiger partial charge on any atom is -0.379 e. The summed E-state index contributed by atoms with van der Waals surface area (Å²) in [6, 6.07) is 12.2. The summed E-state index contributed by atoms with van der Waals surface area (Å²) < 4.78 is 32.1. The van der Waals surface area contributed by atoms with Crippen molar-refractivity contribution in [1.29, 1.82) is 0 Å². The van der Waals surface area contributed by atoms with Crippen molar-refractivity contribution in [1.82, 2.24) is 4.31 Å². The second-order valence-corrected chi connectivity index (χ2v) is 8.58. The summed E-state index contributed by atoms with van der Waals surface area (Å²) in [5, 5.41) is 3.13. The Bertz CT molecular complexity index is 935. The third kappa shape index (κ3) is 4.55. The van der Waals surface area contributed by atoms with Gasteiger partial charge in [0.2, 0.25) is 10.0 Å². The fourth-order valence-corrected chi connectivity index (χ4v) is 4.51. The molecule has 1 saturated heterocycles. The Kier molecular flexibility index (Phi) is 5.94. The number of Topliss-reactive ketones (excluding diaryl/α,β-unsaturated/α-hetero) is 1. The van der Waals surface area contributed by atoms with Gasteiger partial charge >= 0.3 is 0 Å². The lowest BCUT2D eigenvalue weighted by molar-refractivity contribution is 0.0730. The molecule has 2 aromatic carbocycles. The van der Waals surface area contributed by atoms with Crippen LogP contribution >= 0.6 is 0 Å². The molecule has 0 bridgehead atoms. The van der Waals surface area contributed by atoms with E-state index < -0.39 is 10.0 Å². The van der Waals surface area contributed by atoms with Crippen molar-refractivity contribution < 1.29 is 17.9 Å². The SMILES string of the molecule is Cc1ccc(NCC(=O)c2cccc(S(=O)(=O)N3CCOCC3)c2)c(C)c1. The molecule has 0 amide bonds. The molecule has 0 saturated carbocycles. The number of carbonyl (C=O) groups is 1. The number of hydrogen-bond donors (Lipinski definition) is 1. The van der Waals surface area contributed by atoms with Gasteiger partial charge in [-0.1, -0.05) is 29.8 Å². The topological polar surface area (TPSA) is 75.7 Å². The van der Waals surface area contributed by atoms with Crippen molar-refractivity contribution in [2.45, 2.75) is 18.7 Å². The zero-order valence-electron chi connectivity index (χ0n) is 15.6. The third-order valence-corrected chi connectivity index (χ3v) is 6.48. The van der Waals surface area contributed by atoms with E-state index in [0.29, 0.717) is 31.9 Å². The molecule has 1 heterocycles. The molecular formula is C20H24N2O4S. The van der Waals surface area contributed by atoms with Crippen molar-refractivity contribution in [3.63, 3.8) is 0 Å².